The van der Waals surface area contributed by atoms with Crippen LogP contribution in [0.1, 0.15) is 5.56 Å². The average Bonchev–Trinajstić information content (AvgIpc) is 3.16. The first-order valence-electron chi connectivity index (χ1n) is 6.69. The van der Waals surface area contributed by atoms with E-state index in [1.54, 1.807) is 12.1 Å². The number of rotatable bonds is 5. The van der Waals surface area contributed by atoms with Gasteiger partial charge in [-0.3, -0.25) is 10.1 Å². The van der Waals surface area contributed by atoms with Crippen molar-refractivity contribution >= 4 is 39.6 Å². The number of anilines is 1. The van der Waals surface area contributed by atoms with Crippen LogP contribution in [0.25, 0.3) is 11.7 Å². The molecule has 2 heterocycles. The van der Waals surface area contributed by atoms with Crippen LogP contribution in [0.4, 0.5) is 6.01 Å². The molecule has 3 rings (SSSR count). The molecule has 6 nitrogen and oxygen atoms in total. The van der Waals surface area contributed by atoms with Gasteiger partial charge in [0, 0.05) is 4.90 Å². The zero-order valence-electron chi connectivity index (χ0n) is 12.1. The molecule has 23 heavy (non-hydrogen) atoms. The monoisotopic (exact) mass is 393 g/mol. The summed E-state index contributed by atoms with van der Waals surface area (Å²) in [5.41, 5.74) is 1.18. The van der Waals surface area contributed by atoms with Crippen molar-refractivity contribution in [1.29, 1.82) is 0 Å². The highest BCUT2D eigenvalue weighted by atomic mass is 79.9. The lowest BCUT2D eigenvalue weighted by atomic mass is 10.2. The maximum absolute atomic E-state index is 11.9. The van der Waals surface area contributed by atoms with Crippen LogP contribution in [0.15, 0.2) is 54.8 Å². The molecule has 0 atom stereocenters. The zero-order valence-corrected chi connectivity index (χ0v) is 14.5. The topological polar surface area (TPSA) is 81.2 Å². The third-order valence-electron chi connectivity index (χ3n) is 2.85. The first-order chi connectivity index (χ1) is 11.1. The van der Waals surface area contributed by atoms with Gasteiger partial charge in [-0.05, 0) is 47.1 Å². The number of carbonyl (C=O) groups excluding carboxylic acids is 1. The molecular formula is C15H12BrN3O3S. The van der Waals surface area contributed by atoms with E-state index in [2.05, 4.69) is 31.4 Å². The van der Waals surface area contributed by atoms with Crippen LogP contribution >= 0.6 is 27.7 Å². The number of hydrogen-bond acceptors (Lipinski definition) is 6. The fraction of sp³-hybridized carbons (Fsp3) is 0.133. The van der Waals surface area contributed by atoms with Gasteiger partial charge in [0.05, 0.1) is 5.75 Å². The number of furan rings is 1. The molecule has 0 spiro atoms. The normalized spacial score (nSPS) is 10.7. The lowest BCUT2D eigenvalue weighted by Crippen LogP contribution is -2.14. The van der Waals surface area contributed by atoms with Gasteiger partial charge in [0.15, 0.2) is 10.4 Å². The number of carbonyl (C=O) groups is 1. The summed E-state index contributed by atoms with van der Waals surface area (Å²) in [5.74, 6) is 0.676. The number of nitrogens with zero attached hydrogens (tertiary/aromatic N) is 2. The molecule has 1 amide bonds. The van der Waals surface area contributed by atoms with Gasteiger partial charge < -0.3 is 8.83 Å². The molecular weight excluding hydrogens is 382 g/mol. The Bertz CT molecular complexity index is 813. The highest BCUT2D eigenvalue weighted by Gasteiger charge is 2.14. The Hall–Kier alpha value is -2.06. The summed E-state index contributed by atoms with van der Waals surface area (Å²) >= 11 is 4.63. The van der Waals surface area contributed by atoms with Gasteiger partial charge in [0.2, 0.25) is 5.91 Å². The molecule has 0 fully saturated rings. The Morgan fingerprint density at radius 2 is 1.96 bits per heavy atom. The summed E-state index contributed by atoms with van der Waals surface area (Å²) in [6.07, 6.45) is 0. The van der Waals surface area contributed by atoms with E-state index >= 15 is 0 Å². The maximum Gasteiger partial charge on any atom is 0.322 e. The third kappa shape index (κ3) is 4.23. The Labute approximate surface area is 144 Å². The fourth-order valence-electron chi connectivity index (χ4n) is 1.74. The van der Waals surface area contributed by atoms with Gasteiger partial charge in [-0.15, -0.1) is 16.9 Å². The molecule has 0 aliphatic rings. The first kappa shape index (κ1) is 15.8. The van der Waals surface area contributed by atoms with E-state index < -0.39 is 0 Å². The van der Waals surface area contributed by atoms with E-state index in [0.717, 1.165) is 4.90 Å². The molecule has 1 N–H and O–H groups in total. The minimum atomic E-state index is -0.216. The van der Waals surface area contributed by atoms with Crippen LogP contribution in [0.5, 0.6) is 0 Å². The fourth-order valence-corrected chi connectivity index (χ4v) is 2.75. The van der Waals surface area contributed by atoms with Crippen molar-refractivity contribution in [2.75, 3.05) is 11.1 Å². The second kappa shape index (κ2) is 7.01. The Kier molecular flexibility index (Phi) is 4.82. The van der Waals surface area contributed by atoms with E-state index in [-0.39, 0.29) is 23.6 Å². The molecule has 0 saturated carbocycles. The van der Waals surface area contributed by atoms with Gasteiger partial charge in [-0.2, -0.15) is 0 Å². The van der Waals surface area contributed by atoms with Crippen molar-refractivity contribution in [3.05, 3.63) is 46.6 Å². The summed E-state index contributed by atoms with van der Waals surface area (Å²) in [4.78, 5) is 12.9. The van der Waals surface area contributed by atoms with E-state index in [4.69, 9.17) is 8.83 Å². The summed E-state index contributed by atoms with van der Waals surface area (Å²) in [6.45, 7) is 2.02. The molecule has 2 aromatic heterocycles. The van der Waals surface area contributed by atoms with Gasteiger partial charge >= 0.3 is 6.01 Å². The standard InChI is InChI=1S/C15H12BrN3O3S/c1-9-2-4-10(5-3-9)23-8-13(20)17-15-19-18-14(22-15)11-6-7-12(16)21-11/h2-7H,8H2,1H3,(H,17,19,20). The molecule has 3 aromatic rings. The summed E-state index contributed by atoms with van der Waals surface area (Å²) < 4.78 is 11.2. The number of hydrogen-bond donors (Lipinski definition) is 1. The van der Waals surface area contributed by atoms with Gasteiger partial charge in [-0.25, -0.2) is 0 Å². The SMILES string of the molecule is Cc1ccc(SCC(=O)Nc2nnc(-c3ccc(Br)o3)o2)cc1. The molecule has 118 valence electrons. The molecule has 0 unspecified atom stereocenters. The van der Waals surface area contributed by atoms with Crippen molar-refractivity contribution < 1.29 is 13.6 Å². The van der Waals surface area contributed by atoms with E-state index in [1.165, 1.54) is 17.3 Å². The average molecular weight is 394 g/mol. The van der Waals surface area contributed by atoms with Crippen molar-refractivity contribution in [1.82, 2.24) is 10.2 Å². The number of amides is 1. The smallest absolute Gasteiger partial charge is 0.322 e. The van der Waals surface area contributed by atoms with E-state index in [0.29, 0.717) is 10.4 Å². The van der Waals surface area contributed by atoms with Crippen molar-refractivity contribution in [2.24, 2.45) is 0 Å². The Balaban J connectivity index is 1.56. The van der Waals surface area contributed by atoms with Crippen LogP contribution in [-0.4, -0.2) is 21.9 Å². The quantitative estimate of drug-likeness (QED) is 0.656. The van der Waals surface area contributed by atoms with Crippen molar-refractivity contribution in [3.63, 3.8) is 0 Å². The summed E-state index contributed by atoms with van der Waals surface area (Å²) in [7, 11) is 0. The maximum atomic E-state index is 11.9. The number of benzene rings is 1. The molecule has 0 aliphatic carbocycles. The zero-order chi connectivity index (χ0) is 16.2. The number of aromatic nitrogens is 2. The number of halogens is 1. The van der Waals surface area contributed by atoms with Crippen LogP contribution in [-0.2, 0) is 4.79 Å². The lowest BCUT2D eigenvalue weighted by molar-refractivity contribution is -0.113. The van der Waals surface area contributed by atoms with Crippen molar-refractivity contribution in [3.8, 4) is 11.7 Å². The van der Waals surface area contributed by atoms with Crippen molar-refractivity contribution in [2.45, 2.75) is 11.8 Å². The molecule has 8 heteroatoms. The summed E-state index contributed by atoms with van der Waals surface area (Å²) in [6, 6.07) is 11.4. The number of nitrogens with one attached hydrogen (secondary N) is 1. The first-order valence-corrected chi connectivity index (χ1v) is 8.46. The highest BCUT2D eigenvalue weighted by Crippen LogP contribution is 2.25. The van der Waals surface area contributed by atoms with Gasteiger partial charge in [0.1, 0.15) is 0 Å². The Morgan fingerprint density at radius 1 is 1.17 bits per heavy atom. The number of thioether (sulfide) groups is 1. The van der Waals surface area contributed by atoms with Gasteiger partial charge in [-0.1, -0.05) is 22.8 Å². The molecule has 0 radical (unpaired) electrons. The lowest BCUT2D eigenvalue weighted by Gasteiger charge is -2.01. The van der Waals surface area contributed by atoms with Crippen LogP contribution in [0, 0.1) is 6.92 Å². The predicted octanol–water partition coefficient (Wildman–Crippen LogP) is 4.13. The highest BCUT2D eigenvalue weighted by molar-refractivity contribution is 9.10. The van der Waals surface area contributed by atoms with Crippen LogP contribution in [0.3, 0.4) is 0 Å². The van der Waals surface area contributed by atoms with E-state index in [9.17, 15) is 4.79 Å². The van der Waals surface area contributed by atoms with Crippen LogP contribution in [0.2, 0.25) is 0 Å². The predicted molar refractivity (Wildman–Crippen MR) is 90.2 cm³/mol. The Morgan fingerprint density at radius 3 is 2.65 bits per heavy atom. The molecule has 1 aromatic carbocycles. The van der Waals surface area contributed by atoms with Gasteiger partial charge in [0.25, 0.3) is 5.89 Å². The molecule has 0 aliphatic heterocycles. The van der Waals surface area contributed by atoms with E-state index in [1.807, 2.05) is 31.2 Å². The molecule has 0 saturated heterocycles. The second-order valence-corrected chi connectivity index (χ2v) is 6.50. The second-order valence-electron chi connectivity index (χ2n) is 4.67. The number of aryl methyl sites for hydroxylation is 1. The third-order valence-corrected chi connectivity index (χ3v) is 4.28. The molecule has 0 bridgehead atoms. The minimum absolute atomic E-state index is 0.0435. The largest absolute Gasteiger partial charge is 0.444 e. The summed E-state index contributed by atoms with van der Waals surface area (Å²) in [5, 5.41) is 10.2. The minimum Gasteiger partial charge on any atom is -0.444 e. The van der Waals surface area contributed by atoms with Crippen LogP contribution < -0.4 is 5.32 Å².